The molecule has 0 aliphatic heterocycles. The summed E-state index contributed by atoms with van der Waals surface area (Å²) in [5.74, 6) is -0.0151. The molecule has 2 aromatic rings. The van der Waals surface area contributed by atoms with E-state index in [9.17, 15) is 4.79 Å². The normalized spacial score (nSPS) is 10.2. The van der Waals surface area contributed by atoms with Crippen LogP contribution in [-0.2, 0) is 6.54 Å². The van der Waals surface area contributed by atoms with E-state index in [0.29, 0.717) is 12.1 Å². The second-order valence-electron chi connectivity index (χ2n) is 3.75. The van der Waals surface area contributed by atoms with Crippen LogP contribution in [0.15, 0.2) is 41.1 Å². The van der Waals surface area contributed by atoms with Gasteiger partial charge < -0.3 is 4.90 Å². The minimum atomic E-state index is -0.0151. The van der Waals surface area contributed by atoms with Gasteiger partial charge in [0.25, 0.3) is 5.91 Å². The molecule has 0 radical (unpaired) electrons. The molecule has 17 heavy (non-hydrogen) atoms. The number of amides is 1. The van der Waals surface area contributed by atoms with E-state index in [-0.39, 0.29) is 5.91 Å². The summed E-state index contributed by atoms with van der Waals surface area (Å²) < 4.78 is 0.809. The average molecular weight is 294 g/mol. The summed E-state index contributed by atoms with van der Waals surface area (Å²) >= 11 is 3.38. The van der Waals surface area contributed by atoms with E-state index in [2.05, 4.69) is 26.1 Å². The first kappa shape index (κ1) is 11.9. The van der Waals surface area contributed by atoms with Crippen molar-refractivity contribution in [3.63, 3.8) is 0 Å². The molecule has 88 valence electrons. The maximum atomic E-state index is 12.2. The maximum Gasteiger partial charge on any atom is 0.255 e. The second kappa shape index (κ2) is 5.14. The van der Waals surface area contributed by atoms with Gasteiger partial charge in [-0.1, -0.05) is 12.1 Å². The van der Waals surface area contributed by atoms with Gasteiger partial charge in [-0.3, -0.25) is 9.89 Å². The third kappa shape index (κ3) is 2.74. The van der Waals surface area contributed by atoms with Crippen molar-refractivity contribution in [2.75, 3.05) is 7.05 Å². The Bertz CT molecular complexity index is 510. The number of carbonyl (C=O) groups excluding carboxylic acids is 1. The number of halogens is 1. The Kier molecular flexibility index (Phi) is 3.58. The smallest absolute Gasteiger partial charge is 0.255 e. The molecule has 0 saturated heterocycles. The first-order chi connectivity index (χ1) is 8.18. The summed E-state index contributed by atoms with van der Waals surface area (Å²) in [6.07, 6.45) is 3.49. The highest BCUT2D eigenvalue weighted by Gasteiger charge is 2.14. The number of aromatic amines is 1. The van der Waals surface area contributed by atoms with Gasteiger partial charge in [0.2, 0.25) is 0 Å². The molecule has 0 atom stereocenters. The number of hydrogen-bond donors (Lipinski definition) is 1. The molecule has 0 unspecified atom stereocenters. The van der Waals surface area contributed by atoms with Crippen LogP contribution < -0.4 is 0 Å². The third-order valence-corrected chi connectivity index (χ3v) is 3.12. The molecule has 0 bridgehead atoms. The molecule has 1 amide bonds. The van der Waals surface area contributed by atoms with E-state index in [0.717, 1.165) is 10.0 Å². The predicted molar refractivity (Wildman–Crippen MR) is 68.5 cm³/mol. The van der Waals surface area contributed by atoms with Gasteiger partial charge in [-0.05, 0) is 28.1 Å². The summed E-state index contributed by atoms with van der Waals surface area (Å²) in [5.41, 5.74) is 1.64. The van der Waals surface area contributed by atoms with Gasteiger partial charge >= 0.3 is 0 Å². The highest BCUT2D eigenvalue weighted by atomic mass is 79.9. The van der Waals surface area contributed by atoms with E-state index in [1.54, 1.807) is 30.4 Å². The SMILES string of the molecule is CN(Cc1cn[nH]c1)C(=O)c1ccccc1Br. The Morgan fingerprint density at radius 3 is 2.88 bits per heavy atom. The highest BCUT2D eigenvalue weighted by Crippen LogP contribution is 2.18. The quantitative estimate of drug-likeness (QED) is 0.945. The molecule has 0 spiro atoms. The zero-order valence-corrected chi connectivity index (χ0v) is 10.9. The monoisotopic (exact) mass is 293 g/mol. The number of H-pyrrole nitrogens is 1. The Balaban J connectivity index is 2.13. The lowest BCUT2D eigenvalue weighted by Gasteiger charge is -2.16. The molecule has 0 fully saturated rings. The van der Waals surface area contributed by atoms with Crippen molar-refractivity contribution in [2.45, 2.75) is 6.54 Å². The first-order valence-electron chi connectivity index (χ1n) is 5.16. The van der Waals surface area contributed by atoms with Crippen molar-refractivity contribution in [2.24, 2.45) is 0 Å². The molecule has 5 heteroatoms. The third-order valence-electron chi connectivity index (χ3n) is 2.43. The second-order valence-corrected chi connectivity index (χ2v) is 4.60. The van der Waals surface area contributed by atoms with Gasteiger partial charge in [0, 0.05) is 29.8 Å². The fourth-order valence-corrected chi connectivity index (χ4v) is 2.00. The topological polar surface area (TPSA) is 49.0 Å². The fourth-order valence-electron chi connectivity index (χ4n) is 1.55. The van der Waals surface area contributed by atoms with Crippen molar-refractivity contribution in [3.05, 3.63) is 52.3 Å². The van der Waals surface area contributed by atoms with E-state index < -0.39 is 0 Å². The molecular formula is C12H12BrN3O. The van der Waals surface area contributed by atoms with Crippen molar-refractivity contribution in [1.29, 1.82) is 0 Å². The fraction of sp³-hybridized carbons (Fsp3) is 0.167. The van der Waals surface area contributed by atoms with Gasteiger partial charge in [-0.15, -0.1) is 0 Å². The van der Waals surface area contributed by atoms with Crippen molar-refractivity contribution >= 4 is 21.8 Å². The molecule has 4 nitrogen and oxygen atoms in total. The molecular weight excluding hydrogens is 282 g/mol. The maximum absolute atomic E-state index is 12.2. The lowest BCUT2D eigenvalue weighted by Crippen LogP contribution is -2.26. The van der Waals surface area contributed by atoms with Crippen LogP contribution in [0.1, 0.15) is 15.9 Å². The van der Waals surface area contributed by atoms with Crippen LogP contribution in [0.2, 0.25) is 0 Å². The number of hydrogen-bond acceptors (Lipinski definition) is 2. The van der Waals surface area contributed by atoms with Crippen LogP contribution >= 0.6 is 15.9 Å². The standard InChI is InChI=1S/C12H12BrN3O/c1-16(8-9-6-14-15-7-9)12(17)10-4-2-3-5-11(10)13/h2-7H,8H2,1H3,(H,14,15). The molecule has 1 aromatic heterocycles. The van der Waals surface area contributed by atoms with Crippen LogP contribution in [0.4, 0.5) is 0 Å². The number of aromatic nitrogens is 2. The molecule has 1 aromatic carbocycles. The Morgan fingerprint density at radius 1 is 1.47 bits per heavy atom. The molecule has 1 heterocycles. The van der Waals surface area contributed by atoms with Crippen molar-refractivity contribution in [3.8, 4) is 0 Å². The lowest BCUT2D eigenvalue weighted by atomic mass is 10.2. The van der Waals surface area contributed by atoms with Gasteiger partial charge in [-0.25, -0.2) is 0 Å². The largest absolute Gasteiger partial charge is 0.337 e. The van der Waals surface area contributed by atoms with Crippen LogP contribution in [0.3, 0.4) is 0 Å². The number of rotatable bonds is 3. The Hall–Kier alpha value is -1.62. The van der Waals surface area contributed by atoms with Gasteiger partial charge in [0.05, 0.1) is 11.8 Å². The minimum absolute atomic E-state index is 0.0151. The highest BCUT2D eigenvalue weighted by molar-refractivity contribution is 9.10. The van der Waals surface area contributed by atoms with Crippen molar-refractivity contribution < 1.29 is 4.79 Å². The summed E-state index contributed by atoms with van der Waals surface area (Å²) in [6.45, 7) is 0.538. The lowest BCUT2D eigenvalue weighted by molar-refractivity contribution is 0.0784. The zero-order valence-electron chi connectivity index (χ0n) is 9.35. The van der Waals surface area contributed by atoms with E-state index in [4.69, 9.17) is 0 Å². The van der Waals surface area contributed by atoms with Crippen LogP contribution in [0, 0.1) is 0 Å². The molecule has 0 aliphatic carbocycles. The van der Waals surface area contributed by atoms with Crippen molar-refractivity contribution in [1.82, 2.24) is 15.1 Å². The van der Waals surface area contributed by atoms with Crippen LogP contribution in [0.25, 0.3) is 0 Å². The number of carbonyl (C=O) groups is 1. The van der Waals surface area contributed by atoms with Crippen LogP contribution in [0.5, 0.6) is 0 Å². The van der Waals surface area contributed by atoms with E-state index in [1.807, 2.05) is 18.2 Å². The number of nitrogens with one attached hydrogen (secondary N) is 1. The van der Waals surface area contributed by atoms with Gasteiger partial charge in [0.15, 0.2) is 0 Å². The summed E-state index contributed by atoms with van der Waals surface area (Å²) in [7, 11) is 1.77. The van der Waals surface area contributed by atoms with Crippen LogP contribution in [-0.4, -0.2) is 28.1 Å². The van der Waals surface area contributed by atoms with Gasteiger partial charge in [-0.2, -0.15) is 5.10 Å². The summed E-state index contributed by atoms with van der Waals surface area (Å²) in [6, 6.07) is 7.40. The molecule has 0 aliphatic rings. The van der Waals surface area contributed by atoms with Gasteiger partial charge in [0.1, 0.15) is 0 Å². The summed E-state index contributed by atoms with van der Waals surface area (Å²) in [4.78, 5) is 13.8. The summed E-state index contributed by atoms with van der Waals surface area (Å²) in [5, 5.41) is 6.58. The molecule has 0 saturated carbocycles. The average Bonchev–Trinajstić information content (AvgIpc) is 2.81. The minimum Gasteiger partial charge on any atom is -0.337 e. The predicted octanol–water partition coefficient (Wildman–Crippen LogP) is 2.44. The Morgan fingerprint density at radius 2 is 2.24 bits per heavy atom. The first-order valence-corrected chi connectivity index (χ1v) is 5.95. The van der Waals surface area contributed by atoms with E-state index >= 15 is 0 Å². The molecule has 2 rings (SSSR count). The zero-order chi connectivity index (χ0) is 12.3. The number of nitrogens with zero attached hydrogens (tertiary/aromatic N) is 2. The number of benzene rings is 1. The molecule has 1 N–H and O–H groups in total. The van der Waals surface area contributed by atoms with E-state index in [1.165, 1.54) is 0 Å². The Labute approximate surface area is 108 Å².